The Hall–Kier alpha value is -1.63. The van der Waals surface area contributed by atoms with Crippen LogP contribution < -0.4 is 10.6 Å². The zero-order chi connectivity index (χ0) is 18.7. The molecule has 1 rings (SSSR count). The number of nitrogens with one attached hydrogen (secondary N) is 2. The molecule has 0 aliphatic carbocycles. The van der Waals surface area contributed by atoms with Crippen molar-refractivity contribution in [1.82, 2.24) is 15.5 Å². The van der Waals surface area contributed by atoms with Crippen LogP contribution in [0.2, 0.25) is 0 Å². The molecular formula is C18H28BrFN4O. The first-order valence-electron chi connectivity index (χ1n) is 8.75. The summed E-state index contributed by atoms with van der Waals surface area (Å²) in [5.74, 6) is 0.557. The lowest BCUT2D eigenvalue weighted by atomic mass is 10.1. The normalized spacial score (nSPS) is 11.3. The van der Waals surface area contributed by atoms with Crippen molar-refractivity contribution in [2.24, 2.45) is 4.99 Å². The average molecular weight is 415 g/mol. The van der Waals surface area contributed by atoms with Gasteiger partial charge < -0.3 is 15.5 Å². The minimum Gasteiger partial charge on any atom is -0.357 e. The Balaban J connectivity index is 2.47. The lowest BCUT2D eigenvalue weighted by Crippen LogP contribution is -2.38. The molecule has 0 unspecified atom stereocenters. The number of aliphatic imine (C=N–C) groups is 1. The van der Waals surface area contributed by atoms with Crippen molar-refractivity contribution < 1.29 is 9.18 Å². The summed E-state index contributed by atoms with van der Waals surface area (Å²) in [6.07, 6.45) is 1.16. The van der Waals surface area contributed by atoms with E-state index in [9.17, 15) is 9.18 Å². The second-order valence-electron chi connectivity index (χ2n) is 5.50. The van der Waals surface area contributed by atoms with Crippen LogP contribution in [0, 0.1) is 5.82 Å². The number of guanidine groups is 1. The first-order chi connectivity index (χ1) is 12.0. The molecular weight excluding hydrogens is 387 g/mol. The van der Waals surface area contributed by atoms with Gasteiger partial charge in [0, 0.05) is 32.6 Å². The average Bonchev–Trinajstić information content (AvgIpc) is 2.59. The highest BCUT2D eigenvalue weighted by Gasteiger charge is 2.08. The van der Waals surface area contributed by atoms with Crippen LogP contribution in [-0.4, -0.2) is 49.5 Å². The highest BCUT2D eigenvalue weighted by molar-refractivity contribution is 9.10. The molecule has 7 heteroatoms. The minimum atomic E-state index is -0.260. The van der Waals surface area contributed by atoms with E-state index in [1.54, 1.807) is 12.1 Å². The Labute approximate surface area is 158 Å². The van der Waals surface area contributed by atoms with Gasteiger partial charge in [-0.2, -0.15) is 0 Å². The fourth-order valence-corrected chi connectivity index (χ4v) is 2.79. The number of hydrogen-bond donors (Lipinski definition) is 2. The van der Waals surface area contributed by atoms with Crippen molar-refractivity contribution >= 4 is 27.8 Å². The van der Waals surface area contributed by atoms with Crippen LogP contribution in [0.3, 0.4) is 0 Å². The molecule has 0 bridgehead atoms. The van der Waals surface area contributed by atoms with E-state index >= 15 is 0 Å². The van der Waals surface area contributed by atoms with Crippen molar-refractivity contribution in [3.8, 4) is 0 Å². The standard InChI is InChI=1S/C18H28BrFN4O/c1-4-21-18(23-12-10-17(25)24(5-2)6-3)22-11-9-14-7-8-16(20)15(19)13-14/h7-8,13H,4-6,9-12H2,1-3H3,(H2,21,22,23). The van der Waals surface area contributed by atoms with Gasteiger partial charge in [-0.05, 0) is 60.8 Å². The van der Waals surface area contributed by atoms with Crippen LogP contribution in [0.5, 0.6) is 0 Å². The number of nitrogens with zero attached hydrogens (tertiary/aromatic N) is 2. The molecule has 0 saturated heterocycles. The van der Waals surface area contributed by atoms with Crippen molar-refractivity contribution in [3.05, 3.63) is 34.1 Å². The van der Waals surface area contributed by atoms with Gasteiger partial charge in [0.1, 0.15) is 5.82 Å². The monoisotopic (exact) mass is 414 g/mol. The van der Waals surface area contributed by atoms with Gasteiger partial charge in [-0.1, -0.05) is 6.07 Å². The zero-order valence-electron chi connectivity index (χ0n) is 15.2. The third-order valence-corrected chi connectivity index (χ3v) is 4.35. The number of carbonyl (C=O) groups excluding carboxylic acids is 1. The second kappa shape index (κ2) is 11.8. The van der Waals surface area contributed by atoms with E-state index in [0.29, 0.717) is 29.9 Å². The predicted octanol–water partition coefficient (Wildman–Crippen LogP) is 2.94. The zero-order valence-corrected chi connectivity index (χ0v) is 16.8. The molecule has 1 aromatic carbocycles. The predicted molar refractivity (Wildman–Crippen MR) is 104 cm³/mol. The Morgan fingerprint density at radius 2 is 1.96 bits per heavy atom. The maximum atomic E-state index is 13.2. The van der Waals surface area contributed by atoms with Crippen LogP contribution in [-0.2, 0) is 11.2 Å². The summed E-state index contributed by atoms with van der Waals surface area (Å²) < 4.78 is 13.7. The smallest absolute Gasteiger partial charge is 0.224 e. The number of hydrogen-bond acceptors (Lipinski definition) is 2. The summed E-state index contributed by atoms with van der Waals surface area (Å²) in [7, 11) is 0. The molecule has 0 aliphatic rings. The maximum Gasteiger partial charge on any atom is 0.224 e. The van der Waals surface area contributed by atoms with Gasteiger partial charge in [0.15, 0.2) is 5.96 Å². The van der Waals surface area contributed by atoms with Crippen LogP contribution >= 0.6 is 15.9 Å². The molecule has 0 saturated carbocycles. The van der Waals surface area contributed by atoms with E-state index in [0.717, 1.165) is 31.6 Å². The summed E-state index contributed by atoms with van der Waals surface area (Å²) in [5.41, 5.74) is 1.04. The lowest BCUT2D eigenvalue weighted by molar-refractivity contribution is -0.130. The van der Waals surface area contributed by atoms with E-state index < -0.39 is 0 Å². The molecule has 0 fully saturated rings. The van der Waals surface area contributed by atoms with Crippen molar-refractivity contribution in [2.75, 3.05) is 32.7 Å². The molecule has 25 heavy (non-hydrogen) atoms. The number of amides is 1. The van der Waals surface area contributed by atoms with Crippen LogP contribution in [0.25, 0.3) is 0 Å². The van der Waals surface area contributed by atoms with Gasteiger partial charge in [-0.25, -0.2) is 4.39 Å². The van der Waals surface area contributed by atoms with Gasteiger partial charge >= 0.3 is 0 Å². The molecule has 0 aliphatic heterocycles. The maximum absolute atomic E-state index is 13.2. The van der Waals surface area contributed by atoms with Crippen LogP contribution in [0.15, 0.2) is 27.7 Å². The summed E-state index contributed by atoms with van der Waals surface area (Å²) in [6.45, 7) is 9.28. The molecule has 0 aromatic heterocycles. The minimum absolute atomic E-state index is 0.126. The van der Waals surface area contributed by atoms with Crippen molar-refractivity contribution in [2.45, 2.75) is 33.6 Å². The van der Waals surface area contributed by atoms with E-state index in [1.807, 2.05) is 25.7 Å². The molecule has 1 aromatic rings. The Morgan fingerprint density at radius 1 is 1.24 bits per heavy atom. The molecule has 0 radical (unpaired) electrons. The van der Waals surface area contributed by atoms with Gasteiger partial charge in [-0.3, -0.25) is 9.79 Å². The van der Waals surface area contributed by atoms with Gasteiger partial charge in [-0.15, -0.1) is 0 Å². The van der Waals surface area contributed by atoms with E-state index in [4.69, 9.17) is 0 Å². The molecule has 5 nitrogen and oxygen atoms in total. The van der Waals surface area contributed by atoms with Crippen molar-refractivity contribution in [1.29, 1.82) is 0 Å². The quantitative estimate of drug-likeness (QED) is 0.482. The fraction of sp³-hybridized carbons (Fsp3) is 0.556. The van der Waals surface area contributed by atoms with Gasteiger partial charge in [0.2, 0.25) is 5.91 Å². The molecule has 2 N–H and O–H groups in total. The van der Waals surface area contributed by atoms with E-state index in [2.05, 4.69) is 31.6 Å². The summed E-state index contributed by atoms with van der Waals surface area (Å²) in [6, 6.07) is 5.01. The van der Waals surface area contributed by atoms with Crippen LogP contribution in [0.4, 0.5) is 4.39 Å². The highest BCUT2D eigenvalue weighted by atomic mass is 79.9. The highest BCUT2D eigenvalue weighted by Crippen LogP contribution is 2.16. The largest absolute Gasteiger partial charge is 0.357 e. The third-order valence-electron chi connectivity index (χ3n) is 3.75. The lowest BCUT2D eigenvalue weighted by Gasteiger charge is -2.18. The summed E-state index contributed by atoms with van der Waals surface area (Å²) in [4.78, 5) is 18.2. The Bertz CT molecular complexity index is 576. The Kier molecular flexibility index (Phi) is 10.1. The number of rotatable bonds is 9. The number of benzene rings is 1. The fourth-order valence-electron chi connectivity index (χ4n) is 2.36. The molecule has 0 atom stereocenters. The number of halogens is 2. The van der Waals surface area contributed by atoms with Crippen LogP contribution in [0.1, 0.15) is 32.8 Å². The molecule has 0 spiro atoms. The molecule has 0 heterocycles. The van der Waals surface area contributed by atoms with Gasteiger partial charge in [0.05, 0.1) is 11.0 Å². The second-order valence-corrected chi connectivity index (χ2v) is 6.36. The summed E-state index contributed by atoms with van der Waals surface area (Å²) >= 11 is 3.20. The third kappa shape index (κ3) is 7.86. The van der Waals surface area contributed by atoms with E-state index in [-0.39, 0.29) is 11.7 Å². The Morgan fingerprint density at radius 3 is 2.56 bits per heavy atom. The van der Waals surface area contributed by atoms with Crippen molar-refractivity contribution in [3.63, 3.8) is 0 Å². The first kappa shape index (κ1) is 21.4. The van der Waals surface area contributed by atoms with E-state index in [1.165, 1.54) is 6.07 Å². The molecule has 140 valence electrons. The summed E-state index contributed by atoms with van der Waals surface area (Å²) in [5, 5.41) is 6.40. The SMILES string of the molecule is CCNC(=NCCC(=O)N(CC)CC)NCCc1ccc(F)c(Br)c1. The number of carbonyl (C=O) groups is 1. The first-order valence-corrected chi connectivity index (χ1v) is 9.54. The topological polar surface area (TPSA) is 56.7 Å². The molecule has 1 amide bonds. The van der Waals surface area contributed by atoms with Gasteiger partial charge in [0.25, 0.3) is 0 Å².